The lowest BCUT2D eigenvalue weighted by atomic mass is 9.87. The molecule has 1 aromatic heterocycles. The second kappa shape index (κ2) is 8.51. The summed E-state index contributed by atoms with van der Waals surface area (Å²) >= 11 is 0. The van der Waals surface area contributed by atoms with Crippen molar-refractivity contribution in [2.75, 3.05) is 13.1 Å². The quantitative estimate of drug-likeness (QED) is 0.729. The molecule has 1 aromatic carbocycles. The van der Waals surface area contributed by atoms with Crippen LogP contribution in [0.4, 0.5) is 0 Å². The van der Waals surface area contributed by atoms with Gasteiger partial charge in [-0.05, 0) is 43.2 Å². The van der Waals surface area contributed by atoms with Crippen LogP contribution >= 0.6 is 0 Å². The second-order valence-corrected chi connectivity index (χ2v) is 10.9. The minimum absolute atomic E-state index is 0.0804. The van der Waals surface area contributed by atoms with Crippen LogP contribution in [-0.4, -0.2) is 42.0 Å². The Labute approximate surface area is 178 Å². The van der Waals surface area contributed by atoms with E-state index in [2.05, 4.69) is 43.1 Å². The highest BCUT2D eigenvalue weighted by Gasteiger charge is 2.35. The fourth-order valence-electron chi connectivity index (χ4n) is 3.75. The van der Waals surface area contributed by atoms with Crippen molar-refractivity contribution in [3.63, 3.8) is 0 Å². The van der Waals surface area contributed by atoms with E-state index in [-0.39, 0.29) is 28.8 Å². The summed E-state index contributed by atoms with van der Waals surface area (Å²) in [6.45, 7) is 10.7. The van der Waals surface area contributed by atoms with Crippen molar-refractivity contribution in [3.8, 4) is 0 Å². The smallest absolute Gasteiger partial charge is 0.309 e. The maximum absolute atomic E-state index is 12.9. The number of aromatic amines is 1. The number of sulfonamides is 1. The maximum atomic E-state index is 12.9. The number of carbonyl (C=O) groups excluding carboxylic acids is 1. The van der Waals surface area contributed by atoms with Gasteiger partial charge in [-0.2, -0.15) is 9.40 Å². The molecule has 1 aliphatic heterocycles. The van der Waals surface area contributed by atoms with Crippen molar-refractivity contribution in [2.45, 2.75) is 64.4 Å². The zero-order chi connectivity index (χ0) is 22.1. The number of nitrogens with one attached hydrogen (secondary N) is 1. The third kappa shape index (κ3) is 4.75. The molecule has 2 heterocycles. The standard InChI is InChI=1S/C22H31N3O4S/c1-15-20(16(2)24-23-15)30(27,28)25-12-10-18(11-13-25)21(26)29-14-17-6-8-19(9-7-17)22(3,4)5/h6-9,18H,10-14H2,1-5H3,(H,23,24). The first-order valence-electron chi connectivity index (χ1n) is 10.3. The summed E-state index contributed by atoms with van der Waals surface area (Å²) in [6, 6.07) is 8.09. The van der Waals surface area contributed by atoms with E-state index in [1.807, 2.05) is 12.1 Å². The van der Waals surface area contributed by atoms with Crippen LogP contribution in [0.2, 0.25) is 0 Å². The van der Waals surface area contributed by atoms with Gasteiger partial charge in [0, 0.05) is 13.1 Å². The third-order valence-electron chi connectivity index (χ3n) is 5.65. The van der Waals surface area contributed by atoms with Gasteiger partial charge < -0.3 is 4.74 Å². The summed E-state index contributed by atoms with van der Waals surface area (Å²) < 4.78 is 32.8. The van der Waals surface area contributed by atoms with E-state index in [1.165, 1.54) is 9.87 Å². The average Bonchev–Trinajstić information content (AvgIpc) is 3.04. The van der Waals surface area contributed by atoms with Gasteiger partial charge in [-0.3, -0.25) is 9.89 Å². The molecule has 0 unspecified atom stereocenters. The predicted octanol–water partition coefficient (Wildman–Crippen LogP) is 3.47. The molecule has 1 N–H and O–H groups in total. The fraction of sp³-hybridized carbons (Fsp3) is 0.545. The molecular weight excluding hydrogens is 402 g/mol. The van der Waals surface area contributed by atoms with E-state index >= 15 is 0 Å². The van der Waals surface area contributed by atoms with Crippen molar-refractivity contribution < 1.29 is 17.9 Å². The van der Waals surface area contributed by atoms with Gasteiger partial charge >= 0.3 is 5.97 Å². The van der Waals surface area contributed by atoms with E-state index in [4.69, 9.17) is 4.74 Å². The van der Waals surface area contributed by atoms with Crippen LogP contribution in [0.15, 0.2) is 29.2 Å². The van der Waals surface area contributed by atoms with Crippen LogP contribution in [0.25, 0.3) is 0 Å². The summed E-state index contributed by atoms with van der Waals surface area (Å²) in [4.78, 5) is 12.7. The molecule has 7 nitrogen and oxygen atoms in total. The molecule has 30 heavy (non-hydrogen) atoms. The number of aromatic nitrogens is 2. The number of ether oxygens (including phenoxy) is 1. The number of esters is 1. The van der Waals surface area contributed by atoms with Crippen LogP contribution in [0, 0.1) is 19.8 Å². The molecule has 2 aromatic rings. The summed E-state index contributed by atoms with van der Waals surface area (Å²) in [5, 5.41) is 6.71. The topological polar surface area (TPSA) is 92.4 Å². The fourth-order valence-corrected chi connectivity index (χ4v) is 5.56. The minimum Gasteiger partial charge on any atom is -0.461 e. The van der Waals surface area contributed by atoms with Gasteiger partial charge in [0.1, 0.15) is 11.5 Å². The van der Waals surface area contributed by atoms with Crippen molar-refractivity contribution >= 4 is 16.0 Å². The normalized spacial score (nSPS) is 16.6. The van der Waals surface area contributed by atoms with Crippen LogP contribution in [0.3, 0.4) is 0 Å². The van der Waals surface area contributed by atoms with Crippen LogP contribution < -0.4 is 0 Å². The van der Waals surface area contributed by atoms with Crippen molar-refractivity contribution in [1.82, 2.24) is 14.5 Å². The van der Waals surface area contributed by atoms with Gasteiger partial charge in [-0.15, -0.1) is 0 Å². The Balaban J connectivity index is 1.54. The minimum atomic E-state index is -3.61. The number of H-pyrrole nitrogens is 1. The first-order chi connectivity index (χ1) is 14.0. The Morgan fingerprint density at radius 3 is 2.27 bits per heavy atom. The van der Waals surface area contributed by atoms with Crippen molar-refractivity contribution in [3.05, 3.63) is 46.8 Å². The third-order valence-corrected chi connectivity index (χ3v) is 7.81. The van der Waals surface area contributed by atoms with Gasteiger partial charge in [-0.1, -0.05) is 45.0 Å². The zero-order valence-corrected chi connectivity index (χ0v) is 19.2. The maximum Gasteiger partial charge on any atom is 0.309 e. The Bertz CT molecular complexity index is 976. The number of nitrogens with zero attached hydrogens (tertiary/aromatic N) is 2. The summed E-state index contributed by atoms with van der Waals surface area (Å²) in [7, 11) is -3.61. The number of piperidine rings is 1. The summed E-state index contributed by atoms with van der Waals surface area (Å²) in [5.41, 5.74) is 3.26. The molecule has 1 aliphatic rings. The molecule has 0 bridgehead atoms. The van der Waals surface area contributed by atoms with E-state index in [0.29, 0.717) is 37.3 Å². The van der Waals surface area contributed by atoms with Crippen molar-refractivity contribution in [2.24, 2.45) is 5.92 Å². The molecule has 0 amide bonds. The number of hydrogen-bond donors (Lipinski definition) is 1. The lowest BCUT2D eigenvalue weighted by Gasteiger charge is -2.30. The molecule has 1 saturated heterocycles. The Morgan fingerprint density at radius 2 is 1.77 bits per heavy atom. The zero-order valence-electron chi connectivity index (χ0n) is 18.4. The van der Waals surface area contributed by atoms with Crippen LogP contribution in [0.5, 0.6) is 0 Å². The highest BCUT2D eigenvalue weighted by atomic mass is 32.2. The highest BCUT2D eigenvalue weighted by molar-refractivity contribution is 7.89. The summed E-state index contributed by atoms with van der Waals surface area (Å²) in [5.74, 6) is -0.542. The largest absolute Gasteiger partial charge is 0.461 e. The van der Waals surface area contributed by atoms with Gasteiger partial charge in [0.15, 0.2) is 0 Å². The lowest BCUT2D eigenvalue weighted by Crippen LogP contribution is -2.40. The number of rotatable bonds is 5. The highest BCUT2D eigenvalue weighted by Crippen LogP contribution is 2.27. The van der Waals surface area contributed by atoms with Gasteiger partial charge in [0.2, 0.25) is 10.0 Å². The van der Waals surface area contributed by atoms with E-state index in [1.54, 1.807) is 13.8 Å². The van der Waals surface area contributed by atoms with Crippen molar-refractivity contribution in [1.29, 1.82) is 0 Å². The number of benzene rings is 1. The Morgan fingerprint density at radius 1 is 1.17 bits per heavy atom. The van der Waals surface area contributed by atoms with Gasteiger partial charge in [-0.25, -0.2) is 8.42 Å². The van der Waals surface area contributed by atoms with E-state index in [0.717, 1.165) is 5.56 Å². The molecule has 0 atom stereocenters. The molecule has 8 heteroatoms. The summed E-state index contributed by atoms with van der Waals surface area (Å²) in [6.07, 6.45) is 0.911. The molecule has 0 spiro atoms. The van der Waals surface area contributed by atoms with E-state index < -0.39 is 10.0 Å². The average molecular weight is 434 g/mol. The molecular formula is C22H31N3O4S. The Kier molecular flexibility index (Phi) is 6.38. The predicted molar refractivity (Wildman–Crippen MR) is 114 cm³/mol. The molecule has 0 saturated carbocycles. The SMILES string of the molecule is Cc1n[nH]c(C)c1S(=O)(=O)N1CCC(C(=O)OCc2ccc(C(C)(C)C)cc2)CC1. The molecule has 1 fully saturated rings. The number of hydrogen-bond acceptors (Lipinski definition) is 5. The van der Waals surface area contributed by atoms with E-state index in [9.17, 15) is 13.2 Å². The Hall–Kier alpha value is -2.19. The molecule has 0 radical (unpaired) electrons. The first-order valence-corrected chi connectivity index (χ1v) is 11.7. The van der Waals surface area contributed by atoms with Gasteiger partial charge in [0.05, 0.1) is 17.3 Å². The first kappa shape index (κ1) is 22.5. The number of carbonyl (C=O) groups is 1. The molecule has 3 rings (SSSR count). The van der Waals surface area contributed by atoms with Gasteiger partial charge in [0.25, 0.3) is 0 Å². The molecule has 164 valence electrons. The second-order valence-electron chi connectivity index (χ2n) is 9.00. The monoisotopic (exact) mass is 433 g/mol. The lowest BCUT2D eigenvalue weighted by molar-refractivity contribution is -0.151. The number of aryl methyl sites for hydroxylation is 2. The van der Waals surface area contributed by atoms with Crippen LogP contribution in [0.1, 0.15) is 56.1 Å². The van der Waals surface area contributed by atoms with Crippen LogP contribution in [-0.2, 0) is 31.6 Å². The molecule has 0 aliphatic carbocycles.